The van der Waals surface area contributed by atoms with Crippen molar-refractivity contribution in [3.05, 3.63) is 77.3 Å². The maximum atomic E-state index is 6.27. The van der Waals surface area contributed by atoms with E-state index in [0.717, 1.165) is 51.0 Å². The molecule has 4 rings (SSSR count). The number of nitrogens with one attached hydrogen (secondary N) is 1. The zero-order valence-electron chi connectivity index (χ0n) is 16.0. The Kier molecular flexibility index (Phi) is 6.43. The van der Waals surface area contributed by atoms with Gasteiger partial charge in [0.2, 0.25) is 0 Å². The van der Waals surface area contributed by atoms with Crippen LogP contribution in [0.15, 0.2) is 75.2 Å². The lowest BCUT2D eigenvalue weighted by atomic mass is 10.0. The third-order valence-corrected chi connectivity index (χ3v) is 6.41. The standard InChI is InChI=1S/C22H22ClN3OS2/c1-2-3-14-26-21(20(25-22(26)28)17-6-4-5-13-24-17)18-11-12-19(27-18)29-16-9-7-15(23)8-10-16/h4-13,20-21H,2-3,14H2,1H3,(H,25,28)/t20-,21-/m1/s1. The van der Waals surface area contributed by atoms with Gasteiger partial charge in [-0.3, -0.25) is 4.98 Å². The molecular weight excluding hydrogens is 422 g/mol. The van der Waals surface area contributed by atoms with Crippen molar-refractivity contribution in [1.82, 2.24) is 15.2 Å². The van der Waals surface area contributed by atoms with Crippen molar-refractivity contribution in [2.24, 2.45) is 0 Å². The lowest BCUT2D eigenvalue weighted by Crippen LogP contribution is -2.30. The topological polar surface area (TPSA) is 41.3 Å². The second-order valence-corrected chi connectivity index (χ2v) is 8.79. The summed E-state index contributed by atoms with van der Waals surface area (Å²) >= 11 is 13.2. The number of furan rings is 1. The molecule has 0 aliphatic carbocycles. The third kappa shape index (κ3) is 4.60. The second kappa shape index (κ2) is 9.20. The molecule has 0 bridgehead atoms. The lowest BCUT2D eigenvalue weighted by Gasteiger charge is -2.25. The number of halogens is 1. The van der Waals surface area contributed by atoms with Crippen LogP contribution < -0.4 is 5.32 Å². The maximum Gasteiger partial charge on any atom is 0.170 e. The molecule has 0 unspecified atom stereocenters. The van der Waals surface area contributed by atoms with Crippen LogP contribution in [0.3, 0.4) is 0 Å². The largest absolute Gasteiger partial charge is 0.452 e. The molecule has 0 radical (unpaired) electrons. The summed E-state index contributed by atoms with van der Waals surface area (Å²) in [6, 6.07) is 17.7. The van der Waals surface area contributed by atoms with Crippen molar-refractivity contribution >= 4 is 40.7 Å². The highest BCUT2D eigenvalue weighted by Crippen LogP contribution is 2.41. The molecule has 3 aromatic rings. The van der Waals surface area contributed by atoms with Gasteiger partial charge < -0.3 is 14.6 Å². The number of thiocarbonyl (C=S) groups is 1. The molecule has 2 aromatic heterocycles. The van der Waals surface area contributed by atoms with Gasteiger partial charge in [0, 0.05) is 22.7 Å². The van der Waals surface area contributed by atoms with Gasteiger partial charge in [-0.2, -0.15) is 0 Å². The van der Waals surface area contributed by atoms with Crippen molar-refractivity contribution in [3.63, 3.8) is 0 Å². The van der Waals surface area contributed by atoms with Crippen LogP contribution in [0.2, 0.25) is 5.02 Å². The van der Waals surface area contributed by atoms with Crippen molar-refractivity contribution in [2.75, 3.05) is 6.54 Å². The minimum atomic E-state index is -0.0416. The molecule has 0 amide bonds. The number of pyridine rings is 1. The third-order valence-electron chi connectivity index (χ3n) is 4.88. The SMILES string of the molecule is CCCCN1C(=S)N[C@H](c2ccccn2)[C@H]1c1ccc(Sc2ccc(Cl)cc2)o1. The smallest absolute Gasteiger partial charge is 0.170 e. The molecule has 150 valence electrons. The van der Waals surface area contributed by atoms with Gasteiger partial charge in [0.1, 0.15) is 11.8 Å². The molecule has 3 heterocycles. The second-order valence-electron chi connectivity index (χ2n) is 6.89. The number of benzene rings is 1. The van der Waals surface area contributed by atoms with E-state index in [1.54, 1.807) is 11.8 Å². The van der Waals surface area contributed by atoms with Crippen molar-refractivity contribution in [1.29, 1.82) is 0 Å². The first-order valence-electron chi connectivity index (χ1n) is 9.67. The lowest BCUT2D eigenvalue weighted by molar-refractivity contribution is 0.257. The van der Waals surface area contributed by atoms with Crippen LogP contribution in [0.25, 0.3) is 0 Å². The summed E-state index contributed by atoms with van der Waals surface area (Å²) in [5.74, 6) is 0.889. The summed E-state index contributed by atoms with van der Waals surface area (Å²) in [4.78, 5) is 7.87. The van der Waals surface area contributed by atoms with Crippen LogP contribution in [-0.2, 0) is 0 Å². The Morgan fingerprint density at radius 3 is 2.72 bits per heavy atom. The Morgan fingerprint density at radius 2 is 2.00 bits per heavy atom. The van der Waals surface area contributed by atoms with Crippen molar-refractivity contribution in [3.8, 4) is 0 Å². The van der Waals surface area contributed by atoms with Gasteiger partial charge in [-0.25, -0.2) is 0 Å². The number of hydrogen-bond donors (Lipinski definition) is 1. The molecule has 1 saturated heterocycles. The average molecular weight is 444 g/mol. The fraction of sp³-hybridized carbons (Fsp3) is 0.273. The Morgan fingerprint density at radius 1 is 1.17 bits per heavy atom. The number of unbranched alkanes of at least 4 members (excludes halogenated alkanes) is 1. The van der Waals surface area contributed by atoms with Gasteiger partial charge in [-0.05, 0) is 67.2 Å². The van der Waals surface area contributed by atoms with Gasteiger partial charge in [0.25, 0.3) is 0 Å². The first-order valence-corrected chi connectivity index (χ1v) is 11.3. The fourth-order valence-corrected chi connectivity index (χ4v) is 4.69. The predicted octanol–water partition coefficient (Wildman–Crippen LogP) is 6.25. The summed E-state index contributed by atoms with van der Waals surface area (Å²) < 4.78 is 6.27. The summed E-state index contributed by atoms with van der Waals surface area (Å²) in [5.41, 5.74) is 0.960. The first-order chi connectivity index (χ1) is 14.2. The van der Waals surface area contributed by atoms with Gasteiger partial charge in [0.05, 0.1) is 11.7 Å². The monoisotopic (exact) mass is 443 g/mol. The molecule has 1 N–H and O–H groups in total. The molecule has 1 aromatic carbocycles. The van der Waals surface area contributed by atoms with Gasteiger partial charge >= 0.3 is 0 Å². The summed E-state index contributed by atoms with van der Waals surface area (Å²) in [6.07, 6.45) is 3.99. The molecule has 1 aliphatic heterocycles. The van der Waals surface area contributed by atoms with Crippen LogP contribution in [-0.4, -0.2) is 21.5 Å². The number of nitrogens with zero attached hydrogens (tertiary/aromatic N) is 2. The van der Waals surface area contributed by atoms with E-state index in [9.17, 15) is 0 Å². The molecule has 1 aliphatic rings. The van der Waals surface area contributed by atoms with Gasteiger partial charge in [-0.15, -0.1) is 0 Å². The van der Waals surface area contributed by atoms with Gasteiger partial charge in [-0.1, -0.05) is 42.8 Å². The van der Waals surface area contributed by atoms with E-state index < -0.39 is 0 Å². The zero-order valence-corrected chi connectivity index (χ0v) is 18.4. The fourth-order valence-electron chi connectivity index (χ4n) is 3.45. The molecule has 2 atom stereocenters. The quantitative estimate of drug-likeness (QED) is 0.435. The minimum Gasteiger partial charge on any atom is -0.452 e. The Labute approximate surface area is 185 Å². The normalized spacial score (nSPS) is 18.8. The van der Waals surface area contributed by atoms with Crippen LogP contribution in [0.5, 0.6) is 0 Å². The van der Waals surface area contributed by atoms with E-state index in [1.165, 1.54) is 0 Å². The van der Waals surface area contributed by atoms with Crippen LogP contribution in [0.4, 0.5) is 0 Å². The van der Waals surface area contributed by atoms with Crippen LogP contribution in [0.1, 0.15) is 43.3 Å². The van der Waals surface area contributed by atoms with Gasteiger partial charge in [0.15, 0.2) is 10.2 Å². The van der Waals surface area contributed by atoms with E-state index in [4.69, 9.17) is 28.2 Å². The average Bonchev–Trinajstić information content (AvgIpc) is 3.32. The van der Waals surface area contributed by atoms with E-state index in [1.807, 2.05) is 60.8 Å². The Hall–Kier alpha value is -2.02. The van der Waals surface area contributed by atoms with E-state index >= 15 is 0 Å². The summed E-state index contributed by atoms with van der Waals surface area (Å²) in [7, 11) is 0. The highest BCUT2D eigenvalue weighted by Gasteiger charge is 2.41. The van der Waals surface area contributed by atoms with E-state index in [-0.39, 0.29) is 12.1 Å². The molecule has 4 nitrogen and oxygen atoms in total. The van der Waals surface area contributed by atoms with Crippen molar-refractivity contribution in [2.45, 2.75) is 41.8 Å². The molecular formula is C22H22ClN3OS2. The van der Waals surface area contributed by atoms with Crippen LogP contribution in [0, 0.1) is 0 Å². The predicted molar refractivity (Wildman–Crippen MR) is 121 cm³/mol. The van der Waals surface area contributed by atoms with Crippen molar-refractivity contribution < 1.29 is 4.42 Å². The summed E-state index contributed by atoms with van der Waals surface area (Å²) in [6.45, 7) is 3.07. The van der Waals surface area contributed by atoms with E-state index in [2.05, 4.69) is 22.1 Å². The molecule has 0 saturated carbocycles. The number of rotatable bonds is 7. The number of aromatic nitrogens is 1. The highest BCUT2D eigenvalue weighted by atomic mass is 35.5. The zero-order chi connectivity index (χ0) is 20.2. The maximum absolute atomic E-state index is 6.27. The minimum absolute atomic E-state index is 0.0245. The first kappa shape index (κ1) is 20.3. The van der Waals surface area contributed by atoms with E-state index in [0.29, 0.717) is 0 Å². The highest BCUT2D eigenvalue weighted by molar-refractivity contribution is 7.99. The summed E-state index contributed by atoms with van der Waals surface area (Å²) in [5, 5.41) is 5.78. The Balaban J connectivity index is 1.62. The molecule has 7 heteroatoms. The van der Waals surface area contributed by atoms with Crippen LogP contribution >= 0.6 is 35.6 Å². The molecule has 1 fully saturated rings. The molecule has 0 spiro atoms. The Bertz CT molecular complexity index is 962. The number of hydrogen-bond acceptors (Lipinski definition) is 4. The molecule has 29 heavy (non-hydrogen) atoms.